The molecule has 2 aromatic rings. The van der Waals surface area contributed by atoms with Crippen LogP contribution in [0, 0.1) is 18.3 Å². The molecule has 0 fully saturated rings. The fourth-order valence-electron chi connectivity index (χ4n) is 4.55. The fraction of sp³-hybridized carbons (Fsp3) is 0.533. The van der Waals surface area contributed by atoms with Crippen LogP contribution in [0.15, 0.2) is 42.3 Å². The van der Waals surface area contributed by atoms with Gasteiger partial charge in [-0.05, 0) is 65.8 Å². The van der Waals surface area contributed by atoms with Crippen LogP contribution in [0.2, 0.25) is 0 Å². The molecule has 1 unspecified atom stereocenters. The van der Waals surface area contributed by atoms with Crippen LogP contribution >= 0.6 is 11.3 Å². The van der Waals surface area contributed by atoms with Crippen molar-refractivity contribution in [3.63, 3.8) is 0 Å². The summed E-state index contributed by atoms with van der Waals surface area (Å²) >= 11 is 1.65. The lowest BCUT2D eigenvalue weighted by molar-refractivity contribution is -0.141. The normalized spacial score (nSPS) is 12.1. The van der Waals surface area contributed by atoms with Gasteiger partial charge in [0.1, 0.15) is 6.54 Å². The van der Waals surface area contributed by atoms with Gasteiger partial charge in [0.2, 0.25) is 11.8 Å². The molecule has 0 N–H and O–H groups in total. The van der Waals surface area contributed by atoms with Crippen LogP contribution in [0.4, 0.5) is 0 Å². The second-order valence-electron chi connectivity index (χ2n) is 10.9. The van der Waals surface area contributed by atoms with E-state index in [2.05, 4.69) is 47.3 Å². The van der Waals surface area contributed by atoms with Crippen molar-refractivity contribution in [2.45, 2.75) is 60.4 Å². The van der Waals surface area contributed by atoms with Crippen LogP contribution in [0.25, 0.3) is 0 Å². The summed E-state index contributed by atoms with van der Waals surface area (Å²) in [5, 5.41) is 2.05. The van der Waals surface area contributed by atoms with Gasteiger partial charge in [0.05, 0.1) is 20.8 Å². The SMILES string of the molecule is C=CCN(CC(=O)N(CCc1ccc(OC)c(OC)c1)Cc1sccc1C)C(=O)CC(C)CC(C)(C)C. The molecule has 1 aromatic heterocycles. The van der Waals surface area contributed by atoms with Gasteiger partial charge in [-0.3, -0.25) is 9.59 Å². The van der Waals surface area contributed by atoms with E-state index in [9.17, 15) is 9.59 Å². The maximum atomic E-state index is 13.6. The highest BCUT2D eigenvalue weighted by Crippen LogP contribution is 2.28. The molecule has 6 nitrogen and oxygen atoms in total. The summed E-state index contributed by atoms with van der Waals surface area (Å²) in [7, 11) is 3.23. The number of thiophene rings is 1. The third kappa shape index (κ3) is 9.88. The minimum Gasteiger partial charge on any atom is -0.493 e. The molecule has 0 bridgehead atoms. The first-order chi connectivity index (χ1) is 17.5. The third-order valence-corrected chi connectivity index (χ3v) is 7.29. The van der Waals surface area contributed by atoms with Crippen molar-refractivity contribution in [3.8, 4) is 11.5 Å². The Morgan fingerprint density at radius 2 is 1.78 bits per heavy atom. The standard InChI is InChI=1S/C30H44N2O4S/c1-9-14-31(28(33)17-22(2)19-30(4,5)6)21-29(34)32(20-27-23(3)13-16-37-27)15-12-24-10-11-25(35-7)26(18-24)36-8/h9-11,13,16,18,22H,1,12,14-15,17,19-21H2,2-8H3. The molecule has 0 aliphatic carbocycles. The molecule has 2 rings (SSSR count). The second-order valence-corrected chi connectivity index (χ2v) is 11.9. The summed E-state index contributed by atoms with van der Waals surface area (Å²) in [5.41, 5.74) is 2.37. The van der Waals surface area contributed by atoms with Gasteiger partial charge in [-0.1, -0.05) is 39.8 Å². The number of amides is 2. The number of benzene rings is 1. The van der Waals surface area contributed by atoms with E-state index >= 15 is 0 Å². The molecule has 0 radical (unpaired) electrons. The summed E-state index contributed by atoms with van der Waals surface area (Å²) in [6, 6.07) is 7.89. The zero-order chi connectivity index (χ0) is 27.6. The van der Waals surface area contributed by atoms with Crippen LogP contribution in [-0.2, 0) is 22.6 Å². The molecular formula is C30H44N2O4S. The molecule has 0 aliphatic heterocycles. The highest BCUT2D eigenvalue weighted by molar-refractivity contribution is 7.10. The zero-order valence-electron chi connectivity index (χ0n) is 23.6. The van der Waals surface area contributed by atoms with Crippen molar-refractivity contribution in [1.82, 2.24) is 9.80 Å². The fourth-order valence-corrected chi connectivity index (χ4v) is 5.47. The van der Waals surface area contributed by atoms with Gasteiger partial charge in [0, 0.05) is 24.4 Å². The molecule has 7 heteroatoms. The van der Waals surface area contributed by atoms with E-state index in [-0.39, 0.29) is 29.7 Å². The van der Waals surface area contributed by atoms with Gasteiger partial charge in [0.25, 0.3) is 0 Å². The van der Waals surface area contributed by atoms with Gasteiger partial charge < -0.3 is 19.3 Å². The lowest BCUT2D eigenvalue weighted by Crippen LogP contribution is -2.43. The predicted molar refractivity (Wildman–Crippen MR) is 152 cm³/mol. The number of carbonyl (C=O) groups excluding carboxylic acids is 2. The Balaban J connectivity index is 2.17. The first-order valence-corrected chi connectivity index (χ1v) is 13.8. The first kappa shape index (κ1) is 30.4. The predicted octanol–water partition coefficient (Wildman–Crippen LogP) is 6.12. The minimum atomic E-state index is -0.0630. The van der Waals surface area contributed by atoms with E-state index in [1.54, 1.807) is 36.5 Å². The highest BCUT2D eigenvalue weighted by atomic mass is 32.1. The van der Waals surface area contributed by atoms with Crippen LogP contribution < -0.4 is 9.47 Å². The van der Waals surface area contributed by atoms with Crippen LogP contribution in [0.3, 0.4) is 0 Å². The largest absolute Gasteiger partial charge is 0.493 e. The number of methoxy groups -OCH3 is 2. The van der Waals surface area contributed by atoms with Crippen molar-refractivity contribution in [2.24, 2.45) is 11.3 Å². The number of rotatable bonds is 14. The van der Waals surface area contributed by atoms with Crippen LogP contribution in [-0.4, -0.2) is 55.5 Å². The van der Waals surface area contributed by atoms with Crippen LogP contribution in [0.5, 0.6) is 11.5 Å². The molecule has 2 amide bonds. The Labute approximate surface area is 227 Å². The Kier molecular flexibility index (Phi) is 11.7. The quantitative estimate of drug-likeness (QED) is 0.277. The first-order valence-electron chi connectivity index (χ1n) is 12.9. The molecule has 0 aliphatic rings. The van der Waals surface area contributed by atoms with Gasteiger partial charge in [-0.2, -0.15) is 0 Å². The summed E-state index contributed by atoms with van der Waals surface area (Å²) < 4.78 is 10.8. The van der Waals surface area contributed by atoms with Crippen molar-refractivity contribution >= 4 is 23.2 Å². The molecule has 37 heavy (non-hydrogen) atoms. The number of hydrogen-bond acceptors (Lipinski definition) is 5. The minimum absolute atomic E-state index is 0.00264. The van der Waals surface area contributed by atoms with Gasteiger partial charge in [-0.15, -0.1) is 17.9 Å². The average Bonchev–Trinajstić information content (AvgIpc) is 3.23. The molecule has 1 atom stereocenters. The topological polar surface area (TPSA) is 59.1 Å². The third-order valence-electron chi connectivity index (χ3n) is 6.29. The number of hydrogen-bond donors (Lipinski definition) is 0. The van der Waals surface area contributed by atoms with Gasteiger partial charge in [-0.25, -0.2) is 0 Å². The molecule has 0 saturated heterocycles. The maximum absolute atomic E-state index is 13.6. The molecule has 0 saturated carbocycles. The van der Waals surface area contributed by atoms with Crippen molar-refractivity contribution in [3.05, 3.63) is 58.3 Å². The Bertz CT molecular complexity index is 1040. The smallest absolute Gasteiger partial charge is 0.242 e. The summed E-state index contributed by atoms with van der Waals surface area (Å²) in [6.07, 6.45) is 3.73. The molecule has 1 heterocycles. The van der Waals surface area contributed by atoms with Crippen molar-refractivity contribution < 1.29 is 19.1 Å². The Hall–Kier alpha value is -2.80. The number of aryl methyl sites for hydroxylation is 1. The number of carbonyl (C=O) groups is 2. The average molecular weight is 529 g/mol. The summed E-state index contributed by atoms with van der Waals surface area (Å²) in [4.78, 5) is 31.4. The maximum Gasteiger partial charge on any atom is 0.242 e. The summed E-state index contributed by atoms with van der Waals surface area (Å²) in [6.45, 7) is 16.0. The van der Waals surface area contributed by atoms with E-state index in [0.717, 1.165) is 16.9 Å². The highest BCUT2D eigenvalue weighted by Gasteiger charge is 2.24. The van der Waals surface area contributed by atoms with Crippen LogP contribution in [0.1, 0.15) is 56.5 Å². The Morgan fingerprint density at radius 1 is 1.08 bits per heavy atom. The second kappa shape index (κ2) is 14.2. The monoisotopic (exact) mass is 528 g/mol. The number of nitrogens with zero attached hydrogens (tertiary/aromatic N) is 2. The van der Waals surface area contributed by atoms with E-state index in [1.807, 2.05) is 28.5 Å². The lowest BCUT2D eigenvalue weighted by atomic mass is 9.84. The van der Waals surface area contributed by atoms with E-state index < -0.39 is 0 Å². The zero-order valence-corrected chi connectivity index (χ0v) is 24.5. The Morgan fingerprint density at radius 3 is 2.35 bits per heavy atom. The van der Waals surface area contributed by atoms with Crippen molar-refractivity contribution in [1.29, 1.82) is 0 Å². The molecular weight excluding hydrogens is 484 g/mol. The van der Waals surface area contributed by atoms with Gasteiger partial charge in [0.15, 0.2) is 11.5 Å². The number of ether oxygens (including phenoxy) is 2. The molecule has 204 valence electrons. The van der Waals surface area contributed by atoms with Crippen molar-refractivity contribution in [2.75, 3.05) is 33.9 Å². The van der Waals surface area contributed by atoms with E-state index in [4.69, 9.17) is 9.47 Å². The van der Waals surface area contributed by atoms with E-state index in [1.165, 1.54) is 5.56 Å². The lowest BCUT2D eigenvalue weighted by Gasteiger charge is -2.29. The van der Waals surface area contributed by atoms with E-state index in [0.29, 0.717) is 44.0 Å². The molecule has 0 spiro atoms. The molecule has 1 aromatic carbocycles. The van der Waals surface area contributed by atoms with Gasteiger partial charge >= 0.3 is 0 Å². The summed E-state index contributed by atoms with van der Waals surface area (Å²) in [5.74, 6) is 1.51.